The number of halogens is 1. The van der Waals surface area contributed by atoms with Crippen LogP contribution in [0.25, 0.3) is 0 Å². The zero-order valence-electron chi connectivity index (χ0n) is 14.9. The molecule has 1 N–H and O–H groups in total. The maximum Gasteiger partial charge on any atom is 0.221 e. The fraction of sp³-hybridized carbons (Fsp3) is 0.190. The van der Waals surface area contributed by atoms with Crippen LogP contribution in [0.3, 0.4) is 0 Å². The molecule has 3 aromatic rings. The maximum absolute atomic E-state index is 13.3. The number of rotatable bonds is 6. The van der Waals surface area contributed by atoms with Crippen molar-refractivity contribution in [3.8, 4) is 6.07 Å². The topological polar surface area (TPSA) is 70.7 Å². The third-order valence-corrected chi connectivity index (χ3v) is 4.35. The van der Waals surface area contributed by atoms with Gasteiger partial charge in [-0.15, -0.1) is 0 Å². The van der Waals surface area contributed by atoms with Crippen molar-refractivity contribution in [2.24, 2.45) is 7.05 Å². The SMILES string of the molecule is Cn1ccnc1C(NC(=O)CCc1ccc(C#N)cc1)c1ccc(F)cc1. The van der Waals surface area contributed by atoms with Crippen molar-refractivity contribution in [1.29, 1.82) is 5.26 Å². The molecule has 0 radical (unpaired) electrons. The normalized spacial score (nSPS) is 11.6. The highest BCUT2D eigenvalue weighted by Crippen LogP contribution is 2.21. The molecule has 1 heterocycles. The van der Waals surface area contributed by atoms with Gasteiger partial charge in [-0.05, 0) is 41.8 Å². The molecule has 3 rings (SSSR count). The van der Waals surface area contributed by atoms with E-state index in [1.807, 2.05) is 23.7 Å². The van der Waals surface area contributed by atoms with Crippen LogP contribution in [-0.4, -0.2) is 15.5 Å². The molecule has 27 heavy (non-hydrogen) atoms. The molecule has 1 unspecified atom stereocenters. The van der Waals surface area contributed by atoms with Crippen molar-refractivity contribution >= 4 is 5.91 Å². The third-order valence-electron chi connectivity index (χ3n) is 4.35. The quantitative estimate of drug-likeness (QED) is 0.732. The van der Waals surface area contributed by atoms with Gasteiger partial charge < -0.3 is 9.88 Å². The Bertz CT molecular complexity index is 955. The number of hydrogen-bond acceptors (Lipinski definition) is 3. The largest absolute Gasteiger partial charge is 0.342 e. The van der Waals surface area contributed by atoms with Crippen LogP contribution in [0.5, 0.6) is 0 Å². The van der Waals surface area contributed by atoms with E-state index in [-0.39, 0.29) is 11.7 Å². The molecule has 0 fully saturated rings. The van der Waals surface area contributed by atoms with Crippen molar-refractivity contribution in [2.75, 3.05) is 0 Å². The predicted molar refractivity (Wildman–Crippen MR) is 99.1 cm³/mol. The first-order valence-electron chi connectivity index (χ1n) is 8.58. The van der Waals surface area contributed by atoms with Gasteiger partial charge in [0.05, 0.1) is 11.6 Å². The van der Waals surface area contributed by atoms with E-state index in [1.54, 1.807) is 36.7 Å². The van der Waals surface area contributed by atoms with E-state index < -0.39 is 6.04 Å². The number of nitrogens with zero attached hydrogens (tertiary/aromatic N) is 3. The van der Waals surface area contributed by atoms with Crippen molar-refractivity contribution < 1.29 is 9.18 Å². The van der Waals surface area contributed by atoms with Crippen molar-refractivity contribution in [2.45, 2.75) is 18.9 Å². The fourth-order valence-electron chi connectivity index (χ4n) is 2.84. The highest BCUT2D eigenvalue weighted by Gasteiger charge is 2.20. The Kier molecular flexibility index (Phi) is 5.62. The number of aryl methyl sites for hydroxylation is 2. The van der Waals surface area contributed by atoms with Gasteiger partial charge in [0.2, 0.25) is 5.91 Å². The second-order valence-corrected chi connectivity index (χ2v) is 6.26. The van der Waals surface area contributed by atoms with E-state index in [0.29, 0.717) is 24.2 Å². The molecule has 1 aromatic heterocycles. The van der Waals surface area contributed by atoms with Crippen molar-refractivity contribution in [3.63, 3.8) is 0 Å². The molecule has 0 aliphatic carbocycles. The molecule has 0 aliphatic rings. The smallest absolute Gasteiger partial charge is 0.221 e. The van der Waals surface area contributed by atoms with Crippen LogP contribution in [0.1, 0.15) is 35.0 Å². The van der Waals surface area contributed by atoms with Crippen LogP contribution in [-0.2, 0) is 18.3 Å². The molecule has 0 bridgehead atoms. The Balaban J connectivity index is 1.71. The number of nitrogens with one attached hydrogen (secondary N) is 1. The summed E-state index contributed by atoms with van der Waals surface area (Å²) < 4.78 is 15.1. The lowest BCUT2D eigenvalue weighted by Crippen LogP contribution is -2.31. The molecule has 0 spiro atoms. The molecule has 6 heteroatoms. The van der Waals surface area contributed by atoms with Crippen LogP contribution < -0.4 is 5.32 Å². The minimum atomic E-state index is -0.459. The van der Waals surface area contributed by atoms with Gasteiger partial charge in [-0.25, -0.2) is 9.37 Å². The second kappa shape index (κ2) is 8.28. The summed E-state index contributed by atoms with van der Waals surface area (Å²) in [5.41, 5.74) is 2.34. The first-order valence-corrected chi connectivity index (χ1v) is 8.58. The van der Waals surface area contributed by atoms with Crippen molar-refractivity contribution in [1.82, 2.24) is 14.9 Å². The number of carbonyl (C=O) groups excluding carboxylic acids is 1. The Morgan fingerprint density at radius 1 is 1.22 bits per heavy atom. The van der Waals surface area contributed by atoms with Gasteiger partial charge in [0, 0.05) is 25.9 Å². The van der Waals surface area contributed by atoms with Gasteiger partial charge in [-0.1, -0.05) is 24.3 Å². The molecule has 1 amide bonds. The van der Waals surface area contributed by atoms with E-state index in [1.165, 1.54) is 12.1 Å². The van der Waals surface area contributed by atoms with Crippen molar-refractivity contribution in [3.05, 3.63) is 89.3 Å². The van der Waals surface area contributed by atoms with Gasteiger partial charge in [0.15, 0.2) is 0 Å². The molecule has 0 saturated heterocycles. The molecule has 0 saturated carbocycles. The standard InChI is InChI=1S/C21H19FN4O/c1-26-13-12-24-21(26)20(17-7-9-18(22)10-8-17)25-19(27)11-6-15-2-4-16(14-23)5-3-15/h2-5,7-10,12-13,20H,6,11H2,1H3,(H,25,27). The van der Waals surface area contributed by atoms with Crippen LogP contribution in [0.2, 0.25) is 0 Å². The lowest BCUT2D eigenvalue weighted by Gasteiger charge is -2.19. The summed E-state index contributed by atoms with van der Waals surface area (Å²) in [5, 5.41) is 11.8. The van der Waals surface area contributed by atoms with Crippen LogP contribution >= 0.6 is 0 Å². The molecule has 1 atom stereocenters. The molecular formula is C21H19FN4O. The monoisotopic (exact) mass is 362 g/mol. The van der Waals surface area contributed by atoms with E-state index in [9.17, 15) is 9.18 Å². The first kappa shape index (κ1) is 18.3. The minimum Gasteiger partial charge on any atom is -0.342 e. The number of amides is 1. The van der Waals surface area contributed by atoms with E-state index in [2.05, 4.69) is 16.4 Å². The van der Waals surface area contributed by atoms with Gasteiger partial charge >= 0.3 is 0 Å². The number of hydrogen-bond donors (Lipinski definition) is 1. The van der Waals surface area contributed by atoms with Gasteiger partial charge in [0.25, 0.3) is 0 Å². The summed E-state index contributed by atoms with van der Waals surface area (Å²) in [5.74, 6) is 0.217. The second-order valence-electron chi connectivity index (χ2n) is 6.26. The summed E-state index contributed by atoms with van der Waals surface area (Å²) >= 11 is 0. The summed E-state index contributed by atoms with van der Waals surface area (Å²) in [6.07, 6.45) is 4.33. The molecule has 0 aliphatic heterocycles. The first-order chi connectivity index (χ1) is 13.1. The number of aromatic nitrogens is 2. The lowest BCUT2D eigenvalue weighted by molar-refractivity contribution is -0.121. The zero-order chi connectivity index (χ0) is 19.2. The molecule has 136 valence electrons. The van der Waals surface area contributed by atoms with Gasteiger partial charge in [0.1, 0.15) is 17.7 Å². The highest BCUT2D eigenvalue weighted by atomic mass is 19.1. The summed E-state index contributed by atoms with van der Waals surface area (Å²) in [7, 11) is 1.85. The fourth-order valence-corrected chi connectivity index (χ4v) is 2.84. The Morgan fingerprint density at radius 2 is 1.93 bits per heavy atom. The average molecular weight is 362 g/mol. The minimum absolute atomic E-state index is 0.128. The van der Waals surface area contributed by atoms with Crippen LogP contribution in [0, 0.1) is 17.1 Å². The number of carbonyl (C=O) groups is 1. The summed E-state index contributed by atoms with van der Waals surface area (Å²) in [6, 6.07) is 14.8. The lowest BCUT2D eigenvalue weighted by atomic mass is 10.0. The van der Waals surface area contributed by atoms with Gasteiger partial charge in [-0.2, -0.15) is 5.26 Å². The summed E-state index contributed by atoms with van der Waals surface area (Å²) in [4.78, 5) is 16.9. The number of benzene rings is 2. The number of nitriles is 1. The Morgan fingerprint density at radius 3 is 2.52 bits per heavy atom. The molecule has 5 nitrogen and oxygen atoms in total. The van der Waals surface area contributed by atoms with E-state index in [0.717, 1.165) is 11.1 Å². The maximum atomic E-state index is 13.3. The van der Waals surface area contributed by atoms with E-state index >= 15 is 0 Å². The Hall–Kier alpha value is -3.46. The third kappa shape index (κ3) is 4.59. The van der Waals surface area contributed by atoms with Crippen LogP contribution in [0.15, 0.2) is 60.9 Å². The zero-order valence-corrected chi connectivity index (χ0v) is 14.9. The Labute approximate surface area is 157 Å². The highest BCUT2D eigenvalue weighted by molar-refractivity contribution is 5.77. The molecule has 2 aromatic carbocycles. The van der Waals surface area contributed by atoms with E-state index in [4.69, 9.17) is 5.26 Å². The molecular weight excluding hydrogens is 343 g/mol. The predicted octanol–water partition coefficient (Wildman–Crippen LogP) is 3.27. The van der Waals surface area contributed by atoms with Gasteiger partial charge in [-0.3, -0.25) is 4.79 Å². The number of imidazole rings is 1. The van der Waals surface area contributed by atoms with Crippen LogP contribution in [0.4, 0.5) is 4.39 Å². The summed E-state index contributed by atoms with van der Waals surface area (Å²) in [6.45, 7) is 0. The average Bonchev–Trinajstić information content (AvgIpc) is 3.11.